The molecule has 1 saturated heterocycles. The van der Waals surface area contributed by atoms with Gasteiger partial charge in [-0.3, -0.25) is 18.9 Å². The molecule has 5 atom stereocenters. The molecule has 1 aliphatic heterocycles. The molecule has 0 aliphatic carbocycles. The lowest BCUT2D eigenvalue weighted by Gasteiger charge is -2.25. The van der Waals surface area contributed by atoms with Crippen molar-refractivity contribution in [3.63, 3.8) is 0 Å². The molecule has 1 unspecified atom stereocenters. The molecule has 15 heteroatoms. The number of aromatic amines is 1. The number of nitriles is 1. The zero-order chi connectivity index (χ0) is 22.6. The van der Waals surface area contributed by atoms with E-state index in [1.165, 1.54) is 18.2 Å². The number of nitrogens with one attached hydrogen (secondary N) is 1. The van der Waals surface area contributed by atoms with Crippen molar-refractivity contribution in [2.45, 2.75) is 24.2 Å². The number of ether oxygens (including phenoxy) is 1. The Balaban J connectivity index is 1.81. The molecule has 2 heterocycles. The van der Waals surface area contributed by atoms with Gasteiger partial charge in [0.2, 0.25) is 5.72 Å². The van der Waals surface area contributed by atoms with Gasteiger partial charge in [0.15, 0.2) is 12.0 Å². The Hall–Kier alpha value is -3.56. The monoisotopic (exact) mass is 449 g/mol. The number of H-pyrrole nitrogens is 1. The summed E-state index contributed by atoms with van der Waals surface area (Å²) < 4.78 is 28.4. The average Bonchev–Trinajstić information content (AvgIpc) is 2.98. The summed E-state index contributed by atoms with van der Waals surface area (Å²) in [4.78, 5) is 27.7. The van der Waals surface area contributed by atoms with Crippen LogP contribution in [0.2, 0.25) is 0 Å². The topological polar surface area (TPSA) is 213 Å². The maximum atomic E-state index is 12.2. The highest BCUT2D eigenvalue weighted by molar-refractivity contribution is 7.33. The normalized spacial score (nSPS) is 25.3. The average molecular weight is 449 g/mol. The van der Waals surface area contributed by atoms with Gasteiger partial charge in [0.05, 0.1) is 5.56 Å². The van der Waals surface area contributed by atoms with Crippen LogP contribution in [0.1, 0.15) is 11.8 Å². The van der Waals surface area contributed by atoms with Crippen LogP contribution in [0.25, 0.3) is 10.4 Å². The van der Waals surface area contributed by atoms with E-state index in [0.717, 1.165) is 16.8 Å². The van der Waals surface area contributed by atoms with E-state index >= 15 is 0 Å². The van der Waals surface area contributed by atoms with E-state index in [1.54, 1.807) is 6.07 Å². The number of para-hydroxylation sites is 1. The SMILES string of the molecule is N#Cc1ccccc1O[P](=O)OC[C@@]1(N=[N+]=[N-])O[C@@H](n2ccc(=O)[nH]c2=O)[C@H](O)[C@@H]1O. The lowest BCUT2D eigenvalue weighted by atomic mass is 10.1. The second kappa shape index (κ2) is 9.07. The lowest BCUT2D eigenvalue weighted by Crippen LogP contribution is -2.44. The van der Waals surface area contributed by atoms with E-state index in [-0.39, 0.29) is 11.3 Å². The Bertz CT molecular complexity index is 1200. The third-order valence-electron chi connectivity index (χ3n) is 4.30. The number of aliphatic hydroxyl groups is 2. The second-order valence-corrected chi connectivity index (χ2v) is 7.08. The molecule has 0 amide bonds. The number of aromatic nitrogens is 2. The van der Waals surface area contributed by atoms with Gasteiger partial charge in [-0.15, -0.1) is 0 Å². The highest BCUT2D eigenvalue weighted by Crippen LogP contribution is 2.40. The first-order valence-corrected chi connectivity index (χ1v) is 9.60. The third-order valence-corrected chi connectivity index (χ3v) is 4.98. The fourth-order valence-electron chi connectivity index (χ4n) is 2.82. The van der Waals surface area contributed by atoms with Crippen LogP contribution in [0.4, 0.5) is 0 Å². The molecular formula is C16H14N6O8P. The van der Waals surface area contributed by atoms with Crippen molar-refractivity contribution in [3.05, 3.63) is 73.4 Å². The molecule has 3 N–H and O–H groups in total. The van der Waals surface area contributed by atoms with Crippen LogP contribution in [-0.2, 0) is 13.8 Å². The van der Waals surface area contributed by atoms with Crippen LogP contribution in [0.15, 0.2) is 51.2 Å². The smallest absolute Gasteiger partial charge is 0.396 e. The van der Waals surface area contributed by atoms with Gasteiger partial charge >= 0.3 is 13.9 Å². The molecule has 1 fully saturated rings. The van der Waals surface area contributed by atoms with Gasteiger partial charge in [-0.1, -0.05) is 17.2 Å². The predicted octanol–water partition coefficient (Wildman–Crippen LogP) is 0.418. The molecule has 3 rings (SSSR count). The Kier molecular flexibility index (Phi) is 6.47. The van der Waals surface area contributed by atoms with Crippen LogP contribution in [0, 0.1) is 11.3 Å². The summed E-state index contributed by atoms with van der Waals surface area (Å²) in [6.07, 6.45) is -4.23. The summed E-state index contributed by atoms with van der Waals surface area (Å²) in [7, 11) is -2.92. The molecular weight excluding hydrogens is 435 g/mol. The summed E-state index contributed by atoms with van der Waals surface area (Å²) in [5.74, 6) is -0.0328. The summed E-state index contributed by atoms with van der Waals surface area (Å²) >= 11 is 0. The Morgan fingerprint density at radius 3 is 2.81 bits per heavy atom. The molecule has 1 aromatic heterocycles. The van der Waals surface area contributed by atoms with Crippen molar-refractivity contribution in [1.82, 2.24) is 9.55 Å². The fraction of sp³-hybridized carbons (Fsp3) is 0.312. The van der Waals surface area contributed by atoms with Gasteiger partial charge in [0.1, 0.15) is 24.9 Å². The number of azide groups is 1. The van der Waals surface area contributed by atoms with E-state index in [4.69, 9.17) is 24.6 Å². The molecule has 1 aromatic carbocycles. The molecule has 0 spiro atoms. The van der Waals surface area contributed by atoms with Crippen molar-refractivity contribution < 1.29 is 28.6 Å². The zero-order valence-corrected chi connectivity index (χ0v) is 16.3. The third kappa shape index (κ3) is 4.47. The zero-order valence-electron chi connectivity index (χ0n) is 15.4. The van der Waals surface area contributed by atoms with Gasteiger partial charge < -0.3 is 19.5 Å². The van der Waals surface area contributed by atoms with Crippen molar-refractivity contribution in [2.24, 2.45) is 5.11 Å². The van der Waals surface area contributed by atoms with Crippen LogP contribution in [-0.4, -0.2) is 44.3 Å². The molecule has 31 heavy (non-hydrogen) atoms. The molecule has 1 radical (unpaired) electrons. The van der Waals surface area contributed by atoms with Crippen molar-refractivity contribution in [1.29, 1.82) is 5.26 Å². The summed E-state index contributed by atoms with van der Waals surface area (Å²) in [6, 6.07) is 8.72. The first-order chi connectivity index (χ1) is 14.8. The summed E-state index contributed by atoms with van der Waals surface area (Å²) in [5, 5.41) is 33.1. The standard InChI is InChI=1S/C16H14N6O8P/c17-7-9-3-1-2-4-10(9)30-31(27)28-8-16(20-21-18)13(25)12(24)14(29-16)22-6-5-11(23)19-15(22)26/h1-6,12-14,24-25H,8H2,(H,19,23,26)/t12-,13+,14-,16-/m1/s1. The van der Waals surface area contributed by atoms with Gasteiger partial charge in [0.25, 0.3) is 5.56 Å². The maximum absolute atomic E-state index is 12.2. The Morgan fingerprint density at radius 1 is 1.39 bits per heavy atom. The van der Waals surface area contributed by atoms with Crippen molar-refractivity contribution in [2.75, 3.05) is 6.61 Å². The summed E-state index contributed by atoms with van der Waals surface area (Å²) in [5.41, 5.74) is 5.04. The van der Waals surface area contributed by atoms with E-state index < -0.39 is 50.3 Å². The van der Waals surface area contributed by atoms with E-state index in [1.807, 2.05) is 11.1 Å². The number of hydrogen-bond donors (Lipinski definition) is 3. The number of nitrogens with zero attached hydrogens (tertiary/aromatic N) is 5. The minimum Gasteiger partial charge on any atom is -0.396 e. The maximum Gasteiger partial charge on any atom is 0.429 e. The lowest BCUT2D eigenvalue weighted by molar-refractivity contribution is -0.120. The van der Waals surface area contributed by atoms with Crippen molar-refractivity contribution in [3.8, 4) is 11.8 Å². The van der Waals surface area contributed by atoms with E-state index in [2.05, 4.69) is 10.0 Å². The number of benzene rings is 1. The summed E-state index contributed by atoms with van der Waals surface area (Å²) in [6.45, 7) is -0.839. The molecule has 1 aliphatic rings. The Morgan fingerprint density at radius 2 is 2.13 bits per heavy atom. The van der Waals surface area contributed by atoms with E-state index in [0.29, 0.717) is 0 Å². The first-order valence-electron chi connectivity index (χ1n) is 8.50. The molecule has 0 saturated carbocycles. The van der Waals surface area contributed by atoms with Crippen LogP contribution < -0.4 is 15.8 Å². The minimum atomic E-state index is -2.92. The second-order valence-electron chi connectivity index (χ2n) is 6.19. The number of rotatable bonds is 7. The number of aliphatic hydroxyl groups excluding tert-OH is 2. The van der Waals surface area contributed by atoms with Crippen LogP contribution in [0.3, 0.4) is 0 Å². The fourth-order valence-corrected chi connectivity index (χ4v) is 3.48. The van der Waals surface area contributed by atoms with E-state index in [9.17, 15) is 24.4 Å². The van der Waals surface area contributed by atoms with Gasteiger partial charge in [0, 0.05) is 17.2 Å². The van der Waals surface area contributed by atoms with Gasteiger partial charge in [-0.2, -0.15) is 5.26 Å². The molecule has 14 nitrogen and oxygen atoms in total. The number of hydrogen-bond acceptors (Lipinski definition) is 10. The van der Waals surface area contributed by atoms with Gasteiger partial charge in [-0.25, -0.2) is 9.36 Å². The predicted molar refractivity (Wildman–Crippen MR) is 101 cm³/mol. The van der Waals surface area contributed by atoms with Crippen LogP contribution in [0.5, 0.6) is 5.75 Å². The highest BCUT2D eigenvalue weighted by atomic mass is 31.1. The highest BCUT2D eigenvalue weighted by Gasteiger charge is 2.55. The molecule has 161 valence electrons. The first kappa shape index (κ1) is 22.1. The quantitative estimate of drug-likeness (QED) is 0.231. The largest absolute Gasteiger partial charge is 0.429 e. The molecule has 2 aromatic rings. The molecule has 0 bridgehead atoms. The van der Waals surface area contributed by atoms with Gasteiger partial charge in [-0.05, 0) is 17.7 Å². The van der Waals surface area contributed by atoms with Crippen molar-refractivity contribution >= 4 is 8.25 Å². The van der Waals surface area contributed by atoms with Crippen LogP contribution >= 0.6 is 8.25 Å². The minimum absolute atomic E-state index is 0.0328. The Labute approximate surface area is 173 Å².